The third kappa shape index (κ3) is 3.76. The highest BCUT2D eigenvalue weighted by Gasteiger charge is 2.36. The summed E-state index contributed by atoms with van der Waals surface area (Å²) in [6.07, 6.45) is 2.72. The van der Waals surface area contributed by atoms with E-state index in [0.717, 1.165) is 62.5 Å². The maximum atomic E-state index is 13.1. The Morgan fingerprint density at radius 1 is 1.19 bits per heavy atom. The lowest BCUT2D eigenvalue weighted by Crippen LogP contribution is -2.44. The lowest BCUT2D eigenvalue weighted by atomic mass is 10.00. The number of nitrogens with zero attached hydrogens (tertiary/aromatic N) is 3. The number of hydrogen-bond donors (Lipinski definition) is 2. The van der Waals surface area contributed by atoms with Gasteiger partial charge in [-0.05, 0) is 56.5 Å². The number of aryl methyl sites for hydroxylation is 1. The molecule has 1 aromatic heterocycles. The van der Waals surface area contributed by atoms with Crippen LogP contribution in [-0.4, -0.2) is 58.5 Å². The highest BCUT2D eigenvalue weighted by atomic mass is 19.1. The quantitative estimate of drug-likeness (QED) is 0.881. The van der Waals surface area contributed by atoms with Crippen molar-refractivity contribution in [1.29, 1.82) is 0 Å². The first-order valence-corrected chi connectivity index (χ1v) is 9.52. The molecule has 2 aromatic rings. The normalized spacial score (nSPS) is 25.1. The fraction of sp³-hybridized carbons (Fsp3) is 0.550. The molecule has 0 saturated carbocycles. The summed E-state index contributed by atoms with van der Waals surface area (Å²) in [6, 6.07) is 9.36. The SMILES string of the molecule is Cc1cc(C[C@@H]2CN(C3CCN(c4ccc(F)cc4)CC3)C[C@H]2O)n[nH]1. The number of rotatable bonds is 4. The zero-order valence-electron chi connectivity index (χ0n) is 15.2. The molecule has 0 radical (unpaired) electrons. The van der Waals surface area contributed by atoms with Crippen molar-refractivity contribution in [2.45, 2.75) is 38.3 Å². The minimum atomic E-state index is -0.276. The average molecular weight is 358 g/mol. The van der Waals surface area contributed by atoms with Gasteiger partial charge in [-0.2, -0.15) is 5.10 Å². The van der Waals surface area contributed by atoms with E-state index in [1.54, 1.807) is 0 Å². The second kappa shape index (κ2) is 7.37. The number of likely N-dealkylation sites (tertiary alicyclic amines) is 1. The number of aliphatic hydroxyl groups is 1. The van der Waals surface area contributed by atoms with Gasteiger partial charge >= 0.3 is 0 Å². The van der Waals surface area contributed by atoms with E-state index in [9.17, 15) is 9.50 Å². The second-order valence-corrected chi connectivity index (χ2v) is 7.72. The number of hydrogen-bond acceptors (Lipinski definition) is 4. The average Bonchev–Trinajstić information content (AvgIpc) is 3.22. The van der Waals surface area contributed by atoms with Crippen LogP contribution in [0.3, 0.4) is 0 Å². The number of β-amino-alcohol motifs (C(OH)–C–C–N with tert-alkyl or cyclic N) is 1. The third-order valence-corrected chi connectivity index (χ3v) is 5.84. The highest BCUT2D eigenvalue weighted by Crippen LogP contribution is 2.28. The van der Waals surface area contributed by atoms with Crippen LogP contribution in [0.1, 0.15) is 24.2 Å². The number of halogens is 1. The topological polar surface area (TPSA) is 55.4 Å². The molecule has 2 N–H and O–H groups in total. The van der Waals surface area contributed by atoms with E-state index in [4.69, 9.17) is 0 Å². The van der Waals surface area contributed by atoms with Crippen molar-refractivity contribution >= 4 is 5.69 Å². The molecule has 2 fully saturated rings. The van der Waals surface area contributed by atoms with E-state index >= 15 is 0 Å². The Labute approximate surface area is 153 Å². The molecular weight excluding hydrogens is 331 g/mol. The zero-order chi connectivity index (χ0) is 18.1. The largest absolute Gasteiger partial charge is 0.391 e. The summed E-state index contributed by atoms with van der Waals surface area (Å²) in [5.74, 6) is 0.0701. The van der Waals surface area contributed by atoms with Gasteiger partial charge < -0.3 is 10.0 Å². The van der Waals surface area contributed by atoms with Crippen molar-refractivity contribution in [3.63, 3.8) is 0 Å². The summed E-state index contributed by atoms with van der Waals surface area (Å²) in [5, 5.41) is 17.8. The first kappa shape index (κ1) is 17.5. The van der Waals surface area contributed by atoms with Crippen LogP contribution >= 0.6 is 0 Å². The number of aromatic amines is 1. The lowest BCUT2D eigenvalue weighted by molar-refractivity contribution is 0.131. The fourth-order valence-electron chi connectivity index (χ4n) is 4.37. The lowest BCUT2D eigenvalue weighted by Gasteiger charge is -2.38. The van der Waals surface area contributed by atoms with E-state index in [2.05, 4.69) is 26.1 Å². The Bertz CT molecular complexity index is 724. The molecule has 3 heterocycles. The molecule has 2 aliphatic heterocycles. The molecule has 0 bridgehead atoms. The van der Waals surface area contributed by atoms with Gasteiger partial charge in [0.25, 0.3) is 0 Å². The molecule has 5 nitrogen and oxygen atoms in total. The Hall–Kier alpha value is -1.92. The molecule has 0 aliphatic carbocycles. The Balaban J connectivity index is 1.31. The summed E-state index contributed by atoms with van der Waals surface area (Å²) < 4.78 is 13.1. The van der Waals surface area contributed by atoms with Gasteiger partial charge in [-0.3, -0.25) is 10.00 Å². The number of H-pyrrole nitrogens is 1. The molecule has 2 saturated heterocycles. The van der Waals surface area contributed by atoms with Gasteiger partial charge in [0.15, 0.2) is 0 Å². The van der Waals surface area contributed by atoms with Crippen molar-refractivity contribution in [3.05, 3.63) is 47.5 Å². The first-order chi connectivity index (χ1) is 12.6. The van der Waals surface area contributed by atoms with Crippen molar-refractivity contribution in [2.75, 3.05) is 31.1 Å². The Morgan fingerprint density at radius 3 is 2.58 bits per heavy atom. The standard InChI is InChI=1S/C20H27FN4O/c1-14-10-17(23-22-14)11-15-12-25(13-20(15)26)19-6-8-24(9-7-19)18-4-2-16(21)3-5-18/h2-5,10,15,19-20,26H,6-9,11-13H2,1H3,(H,22,23)/t15-,20-/m1/s1. The zero-order valence-corrected chi connectivity index (χ0v) is 15.2. The Kier molecular flexibility index (Phi) is 4.96. The van der Waals surface area contributed by atoms with Crippen molar-refractivity contribution in [3.8, 4) is 0 Å². The highest BCUT2D eigenvalue weighted by molar-refractivity contribution is 5.46. The van der Waals surface area contributed by atoms with Gasteiger partial charge in [-0.15, -0.1) is 0 Å². The summed E-state index contributed by atoms with van der Waals surface area (Å²) in [6.45, 7) is 5.66. The van der Waals surface area contributed by atoms with Gasteiger partial charge in [0.2, 0.25) is 0 Å². The predicted octanol–water partition coefficient (Wildman–Crippen LogP) is 2.36. The molecule has 2 atom stereocenters. The van der Waals surface area contributed by atoms with E-state index in [1.807, 2.05) is 19.1 Å². The monoisotopic (exact) mass is 358 g/mol. The number of anilines is 1. The molecule has 0 unspecified atom stereocenters. The maximum absolute atomic E-state index is 13.1. The van der Waals surface area contributed by atoms with E-state index in [1.165, 1.54) is 12.1 Å². The molecule has 2 aliphatic rings. The van der Waals surface area contributed by atoms with Gasteiger partial charge in [-0.1, -0.05) is 0 Å². The number of benzene rings is 1. The van der Waals surface area contributed by atoms with Crippen LogP contribution < -0.4 is 4.90 Å². The maximum Gasteiger partial charge on any atom is 0.123 e. The molecule has 0 spiro atoms. The minimum absolute atomic E-state index is 0.187. The molecular formula is C20H27FN4O. The molecule has 0 amide bonds. The summed E-state index contributed by atoms with van der Waals surface area (Å²) >= 11 is 0. The Morgan fingerprint density at radius 2 is 1.92 bits per heavy atom. The van der Waals surface area contributed by atoms with Crippen molar-refractivity contribution in [2.24, 2.45) is 5.92 Å². The molecule has 4 rings (SSSR count). The van der Waals surface area contributed by atoms with Crippen LogP contribution in [0.4, 0.5) is 10.1 Å². The van der Waals surface area contributed by atoms with Crippen molar-refractivity contribution < 1.29 is 9.50 Å². The van der Waals surface area contributed by atoms with E-state index < -0.39 is 0 Å². The third-order valence-electron chi connectivity index (χ3n) is 5.84. The predicted molar refractivity (Wildman–Crippen MR) is 99.7 cm³/mol. The number of piperidine rings is 1. The van der Waals surface area contributed by atoms with Gasteiger partial charge in [-0.25, -0.2) is 4.39 Å². The summed E-state index contributed by atoms with van der Waals surface area (Å²) in [7, 11) is 0. The number of nitrogens with one attached hydrogen (secondary N) is 1. The summed E-state index contributed by atoms with van der Waals surface area (Å²) in [4.78, 5) is 4.78. The van der Waals surface area contributed by atoms with Crippen LogP contribution in [0.2, 0.25) is 0 Å². The van der Waals surface area contributed by atoms with Crippen molar-refractivity contribution in [1.82, 2.24) is 15.1 Å². The molecule has 6 heteroatoms. The van der Waals surface area contributed by atoms with Gasteiger partial charge in [0.1, 0.15) is 5.82 Å². The smallest absolute Gasteiger partial charge is 0.123 e. The number of aliphatic hydroxyl groups excluding tert-OH is 1. The van der Waals surface area contributed by atoms with Crippen LogP contribution in [0.5, 0.6) is 0 Å². The van der Waals surface area contributed by atoms with Crippen LogP contribution in [0.25, 0.3) is 0 Å². The van der Waals surface area contributed by atoms with Crippen LogP contribution in [-0.2, 0) is 6.42 Å². The fourth-order valence-corrected chi connectivity index (χ4v) is 4.37. The minimum Gasteiger partial charge on any atom is -0.391 e. The van der Waals surface area contributed by atoms with Gasteiger partial charge in [0, 0.05) is 49.5 Å². The van der Waals surface area contributed by atoms with Gasteiger partial charge in [0.05, 0.1) is 11.8 Å². The summed E-state index contributed by atoms with van der Waals surface area (Å²) in [5.41, 5.74) is 3.20. The molecule has 140 valence electrons. The van der Waals surface area contributed by atoms with E-state index in [-0.39, 0.29) is 17.8 Å². The number of aromatic nitrogens is 2. The van der Waals surface area contributed by atoms with Crippen LogP contribution in [0, 0.1) is 18.7 Å². The van der Waals surface area contributed by atoms with Crippen LogP contribution in [0.15, 0.2) is 30.3 Å². The second-order valence-electron chi connectivity index (χ2n) is 7.72. The molecule has 26 heavy (non-hydrogen) atoms. The molecule has 1 aromatic carbocycles. The van der Waals surface area contributed by atoms with E-state index in [0.29, 0.717) is 6.04 Å². The first-order valence-electron chi connectivity index (χ1n) is 9.52.